The van der Waals surface area contributed by atoms with E-state index in [4.69, 9.17) is 9.94 Å². The molecule has 5 nitrogen and oxygen atoms in total. The van der Waals surface area contributed by atoms with E-state index in [0.717, 1.165) is 16.8 Å². The molecule has 0 spiro atoms. The first-order valence-corrected chi connectivity index (χ1v) is 7.52. The van der Waals surface area contributed by atoms with Crippen molar-refractivity contribution in [2.75, 3.05) is 13.2 Å². The van der Waals surface area contributed by atoms with E-state index < -0.39 is 12.5 Å². The van der Waals surface area contributed by atoms with Gasteiger partial charge in [0.2, 0.25) is 5.91 Å². The number of rotatable bonds is 5. The number of carbonyl (C=O) groups is 1. The van der Waals surface area contributed by atoms with E-state index in [2.05, 4.69) is 34.7 Å². The number of hydrogen-bond donors (Lipinski definition) is 2. The number of aliphatic hydroxyl groups is 1. The van der Waals surface area contributed by atoms with Gasteiger partial charge in [-0.05, 0) is 16.7 Å². The van der Waals surface area contributed by atoms with Crippen LogP contribution in [0.4, 0.5) is 0 Å². The average molecular weight is 310 g/mol. The van der Waals surface area contributed by atoms with Crippen molar-refractivity contribution in [3.05, 3.63) is 60.2 Å². The molecule has 1 aliphatic heterocycles. The summed E-state index contributed by atoms with van der Waals surface area (Å²) >= 11 is 0. The van der Waals surface area contributed by atoms with Gasteiger partial charge in [0.15, 0.2) is 0 Å². The Kier molecular flexibility index (Phi) is 4.68. The van der Waals surface area contributed by atoms with E-state index >= 15 is 0 Å². The number of hydrogen-bond acceptors (Lipinski definition) is 4. The number of benzene rings is 2. The van der Waals surface area contributed by atoms with Crippen LogP contribution >= 0.6 is 0 Å². The maximum atomic E-state index is 11.0. The van der Waals surface area contributed by atoms with Gasteiger partial charge in [0.1, 0.15) is 12.7 Å². The highest BCUT2D eigenvalue weighted by atomic mass is 16.6. The third kappa shape index (κ3) is 3.76. The number of oxime groups is 1. The van der Waals surface area contributed by atoms with Crippen molar-refractivity contribution in [1.82, 2.24) is 5.32 Å². The Morgan fingerprint density at radius 2 is 1.74 bits per heavy atom. The van der Waals surface area contributed by atoms with Crippen molar-refractivity contribution < 1.29 is 14.7 Å². The number of nitrogens with zero attached hydrogens (tertiary/aromatic N) is 1. The lowest BCUT2D eigenvalue weighted by molar-refractivity contribution is -0.124. The standard InChI is InChI=1S/C18H18N2O3/c21-12-18(22)19-11-16-10-17(20-23-16)15-8-6-14(7-9-15)13-4-2-1-3-5-13/h1-9,16,21H,10-12H2,(H,19,22)/t16-/m0/s1. The highest BCUT2D eigenvalue weighted by molar-refractivity contribution is 6.01. The highest BCUT2D eigenvalue weighted by Crippen LogP contribution is 2.22. The number of carbonyl (C=O) groups excluding carboxylic acids is 1. The molecule has 23 heavy (non-hydrogen) atoms. The van der Waals surface area contributed by atoms with Crippen LogP contribution in [0.1, 0.15) is 12.0 Å². The zero-order valence-electron chi connectivity index (χ0n) is 12.6. The molecule has 0 saturated heterocycles. The Morgan fingerprint density at radius 1 is 1.09 bits per heavy atom. The van der Waals surface area contributed by atoms with E-state index in [1.807, 2.05) is 30.3 Å². The quantitative estimate of drug-likeness (QED) is 0.887. The summed E-state index contributed by atoms with van der Waals surface area (Å²) in [6.07, 6.45) is 0.449. The molecule has 1 amide bonds. The van der Waals surface area contributed by atoms with Crippen LogP contribution in [0.2, 0.25) is 0 Å². The number of nitrogens with one attached hydrogen (secondary N) is 1. The summed E-state index contributed by atoms with van der Waals surface area (Å²) < 4.78 is 0. The molecule has 2 aromatic rings. The van der Waals surface area contributed by atoms with Crippen LogP contribution in [0.5, 0.6) is 0 Å². The Hall–Kier alpha value is -2.66. The van der Waals surface area contributed by atoms with Gasteiger partial charge in [-0.1, -0.05) is 59.8 Å². The smallest absolute Gasteiger partial charge is 0.245 e. The van der Waals surface area contributed by atoms with Crippen molar-refractivity contribution in [3.63, 3.8) is 0 Å². The zero-order chi connectivity index (χ0) is 16.1. The van der Waals surface area contributed by atoms with Gasteiger partial charge >= 0.3 is 0 Å². The Balaban J connectivity index is 1.61. The molecule has 0 aromatic heterocycles. The summed E-state index contributed by atoms with van der Waals surface area (Å²) in [5, 5.41) is 15.4. The van der Waals surface area contributed by atoms with Crippen LogP contribution in [0.3, 0.4) is 0 Å². The first-order chi connectivity index (χ1) is 11.3. The lowest BCUT2D eigenvalue weighted by Gasteiger charge is -2.08. The fourth-order valence-corrected chi connectivity index (χ4v) is 2.48. The van der Waals surface area contributed by atoms with Gasteiger partial charge in [0, 0.05) is 6.42 Å². The third-order valence-corrected chi connectivity index (χ3v) is 3.73. The molecule has 3 rings (SSSR count). The predicted molar refractivity (Wildman–Crippen MR) is 88.0 cm³/mol. The van der Waals surface area contributed by atoms with E-state index in [9.17, 15) is 4.79 Å². The average Bonchev–Trinajstić information content (AvgIpc) is 3.09. The lowest BCUT2D eigenvalue weighted by atomic mass is 10.0. The van der Waals surface area contributed by atoms with Gasteiger partial charge in [-0.25, -0.2) is 0 Å². The number of amides is 1. The Morgan fingerprint density at radius 3 is 2.43 bits per heavy atom. The predicted octanol–water partition coefficient (Wildman–Crippen LogP) is 1.96. The van der Waals surface area contributed by atoms with Crippen LogP contribution in [0.25, 0.3) is 11.1 Å². The molecule has 0 radical (unpaired) electrons. The SMILES string of the molecule is O=C(CO)NC[C@@H]1CC(c2ccc(-c3ccccc3)cc2)=NO1. The molecule has 0 bridgehead atoms. The summed E-state index contributed by atoms with van der Waals surface area (Å²) in [4.78, 5) is 16.4. The second-order valence-corrected chi connectivity index (χ2v) is 5.38. The van der Waals surface area contributed by atoms with Crippen LogP contribution < -0.4 is 5.32 Å². The van der Waals surface area contributed by atoms with Gasteiger partial charge in [-0.2, -0.15) is 0 Å². The van der Waals surface area contributed by atoms with E-state index in [0.29, 0.717) is 13.0 Å². The Labute approximate surface area is 134 Å². The van der Waals surface area contributed by atoms with Crippen LogP contribution in [0.15, 0.2) is 59.8 Å². The minimum Gasteiger partial charge on any atom is -0.390 e. The minimum atomic E-state index is -0.513. The maximum Gasteiger partial charge on any atom is 0.245 e. The fraction of sp³-hybridized carbons (Fsp3) is 0.222. The third-order valence-electron chi connectivity index (χ3n) is 3.73. The molecule has 1 heterocycles. The summed E-state index contributed by atoms with van der Waals surface area (Å²) in [5.41, 5.74) is 4.21. The van der Waals surface area contributed by atoms with Crippen LogP contribution in [0, 0.1) is 0 Å². The summed E-state index contributed by atoms with van der Waals surface area (Å²) in [6.45, 7) is -0.171. The second-order valence-electron chi connectivity index (χ2n) is 5.38. The molecule has 0 saturated carbocycles. The van der Waals surface area contributed by atoms with Gasteiger partial charge in [-0.15, -0.1) is 0 Å². The molecule has 0 unspecified atom stereocenters. The van der Waals surface area contributed by atoms with E-state index in [-0.39, 0.29) is 6.10 Å². The van der Waals surface area contributed by atoms with Crippen LogP contribution in [-0.2, 0) is 9.63 Å². The molecule has 118 valence electrons. The molecule has 0 aliphatic carbocycles. The highest BCUT2D eigenvalue weighted by Gasteiger charge is 2.22. The summed E-state index contributed by atoms with van der Waals surface area (Å²) in [7, 11) is 0. The van der Waals surface area contributed by atoms with Crippen molar-refractivity contribution in [3.8, 4) is 11.1 Å². The summed E-state index contributed by atoms with van der Waals surface area (Å²) in [5.74, 6) is -0.408. The van der Waals surface area contributed by atoms with Gasteiger partial charge in [-0.3, -0.25) is 4.79 Å². The van der Waals surface area contributed by atoms with Crippen molar-refractivity contribution in [2.45, 2.75) is 12.5 Å². The van der Waals surface area contributed by atoms with Gasteiger partial charge < -0.3 is 15.3 Å². The molecular formula is C18H18N2O3. The van der Waals surface area contributed by atoms with Crippen molar-refractivity contribution >= 4 is 11.6 Å². The molecule has 5 heteroatoms. The fourth-order valence-electron chi connectivity index (χ4n) is 2.48. The van der Waals surface area contributed by atoms with Crippen LogP contribution in [-0.4, -0.2) is 36.0 Å². The van der Waals surface area contributed by atoms with E-state index in [1.54, 1.807) is 0 Å². The molecule has 0 fully saturated rings. The minimum absolute atomic E-state index is 0.186. The molecule has 1 aliphatic rings. The van der Waals surface area contributed by atoms with E-state index in [1.165, 1.54) is 5.56 Å². The number of aliphatic hydroxyl groups excluding tert-OH is 1. The zero-order valence-corrected chi connectivity index (χ0v) is 12.6. The van der Waals surface area contributed by atoms with Crippen molar-refractivity contribution in [1.29, 1.82) is 0 Å². The topological polar surface area (TPSA) is 70.9 Å². The molecular weight excluding hydrogens is 292 g/mol. The van der Waals surface area contributed by atoms with Gasteiger partial charge in [0.25, 0.3) is 0 Å². The van der Waals surface area contributed by atoms with Crippen molar-refractivity contribution in [2.24, 2.45) is 5.16 Å². The normalized spacial score (nSPS) is 16.6. The Bertz CT molecular complexity index is 696. The molecule has 2 aromatic carbocycles. The molecule has 1 atom stereocenters. The van der Waals surface area contributed by atoms with Gasteiger partial charge in [0.05, 0.1) is 12.3 Å². The second kappa shape index (κ2) is 7.07. The lowest BCUT2D eigenvalue weighted by Crippen LogP contribution is -2.33. The first-order valence-electron chi connectivity index (χ1n) is 7.52. The monoisotopic (exact) mass is 310 g/mol. The maximum absolute atomic E-state index is 11.0. The molecule has 2 N–H and O–H groups in total. The summed E-state index contributed by atoms with van der Waals surface area (Å²) in [6, 6.07) is 18.4. The first kappa shape index (κ1) is 15.2. The largest absolute Gasteiger partial charge is 0.390 e.